The van der Waals surface area contributed by atoms with E-state index in [1.807, 2.05) is 4.90 Å². The molecule has 10 nitrogen and oxygen atoms in total. The van der Waals surface area contributed by atoms with E-state index in [2.05, 4.69) is 25.3 Å². The van der Waals surface area contributed by atoms with Crippen molar-refractivity contribution in [3.05, 3.63) is 22.9 Å². The number of nitrogens with two attached hydrogens (primary N) is 1. The van der Waals surface area contributed by atoms with Crippen molar-refractivity contribution in [2.45, 2.75) is 93.5 Å². The van der Waals surface area contributed by atoms with Crippen LogP contribution in [0.1, 0.15) is 49.8 Å². The number of aromatic nitrogens is 4. The fourth-order valence-corrected chi connectivity index (χ4v) is 9.44. The lowest BCUT2D eigenvalue weighted by molar-refractivity contribution is -0.203. The van der Waals surface area contributed by atoms with Gasteiger partial charge in [0.25, 0.3) is 5.92 Å². The molecule has 2 bridgehead atoms. The predicted octanol–water partition coefficient (Wildman–Crippen LogP) is 5.55. The maximum Gasteiger partial charge on any atom is 0.427 e. The van der Waals surface area contributed by atoms with Crippen molar-refractivity contribution >= 4 is 22.5 Å². The molecule has 0 amide bonds. The van der Waals surface area contributed by atoms with E-state index in [4.69, 9.17) is 15.2 Å². The minimum absolute atomic E-state index is 0.0479. The van der Waals surface area contributed by atoms with Crippen LogP contribution in [0.15, 0.2) is 0 Å². The van der Waals surface area contributed by atoms with Gasteiger partial charge in [-0.2, -0.15) is 36.3 Å². The normalized spacial score (nSPS) is 31.9. The molecule has 4 saturated heterocycles. The molecule has 1 aliphatic carbocycles. The summed E-state index contributed by atoms with van der Waals surface area (Å²) in [5.74, 6) is -8.58. The summed E-state index contributed by atoms with van der Waals surface area (Å²) in [7, 11) is 0. The summed E-state index contributed by atoms with van der Waals surface area (Å²) in [6.45, 7) is 1.25. The molecule has 5 aliphatic heterocycles. The van der Waals surface area contributed by atoms with Crippen molar-refractivity contribution in [3.8, 4) is 23.1 Å². The van der Waals surface area contributed by atoms with Gasteiger partial charge in [-0.25, -0.2) is 27.5 Å². The minimum atomic E-state index is -5.34. The lowest BCUT2D eigenvalue weighted by atomic mass is 9.89. The summed E-state index contributed by atoms with van der Waals surface area (Å²) in [5, 5.41) is 2.65. The molecule has 280 valence electrons. The highest BCUT2D eigenvalue weighted by molar-refractivity contribution is 5.97. The Bertz CT molecular complexity index is 2030. The van der Waals surface area contributed by atoms with Crippen molar-refractivity contribution in [2.75, 3.05) is 36.9 Å². The van der Waals surface area contributed by atoms with Gasteiger partial charge in [-0.05, 0) is 45.6 Å². The first-order chi connectivity index (χ1) is 24.3. The van der Waals surface area contributed by atoms with Crippen LogP contribution >= 0.6 is 0 Å². The Balaban J connectivity index is 1.25. The molecule has 20 heteroatoms. The molecule has 9 rings (SSSR count). The first kappa shape index (κ1) is 33.9. The van der Waals surface area contributed by atoms with Crippen molar-refractivity contribution in [3.63, 3.8) is 0 Å². The van der Waals surface area contributed by atoms with E-state index in [-0.39, 0.29) is 44.4 Å². The number of rotatable bonds is 4. The van der Waals surface area contributed by atoms with E-state index in [1.54, 1.807) is 0 Å². The Morgan fingerprint density at radius 1 is 1.02 bits per heavy atom. The number of nitrogen functional groups attached to an aromatic ring is 1. The molecule has 5 fully saturated rings. The van der Waals surface area contributed by atoms with Crippen LogP contribution in [0.3, 0.4) is 0 Å². The molecule has 0 radical (unpaired) electrons. The zero-order chi connectivity index (χ0) is 36.9. The van der Waals surface area contributed by atoms with Gasteiger partial charge in [-0.3, -0.25) is 4.90 Å². The molecular weight excluding hydrogens is 718 g/mol. The Labute approximate surface area is 288 Å². The smallest absolute Gasteiger partial charge is 0.427 e. The summed E-state index contributed by atoms with van der Waals surface area (Å²) >= 11 is 0. The highest BCUT2D eigenvalue weighted by atomic mass is 19.4. The molecule has 1 unspecified atom stereocenters. The number of fused-ring (bicyclic) bond motifs is 6. The van der Waals surface area contributed by atoms with Crippen LogP contribution in [0.2, 0.25) is 0 Å². The number of piperazine rings is 1. The Morgan fingerprint density at radius 2 is 1.77 bits per heavy atom. The topological polar surface area (TPSA) is 115 Å². The quantitative estimate of drug-likeness (QED) is 0.330. The number of hydrogen-bond acceptors (Lipinski definition) is 10. The molecule has 0 aromatic carbocycles. The number of nitrogens with zero attached hydrogens (tertiary/aromatic N) is 6. The molecule has 1 spiro atoms. The molecule has 3 N–H and O–H groups in total. The Hall–Kier alpha value is -3.94. The van der Waals surface area contributed by atoms with Crippen molar-refractivity contribution in [1.82, 2.24) is 30.2 Å². The molecule has 8 heterocycles. The van der Waals surface area contributed by atoms with Crippen molar-refractivity contribution in [1.29, 1.82) is 0 Å². The van der Waals surface area contributed by atoms with Crippen molar-refractivity contribution in [2.24, 2.45) is 5.41 Å². The minimum Gasteiger partial charge on any atom is -0.462 e. The van der Waals surface area contributed by atoms with Gasteiger partial charge < -0.3 is 25.4 Å². The lowest BCUT2D eigenvalue weighted by Crippen LogP contribution is -2.66. The molecule has 52 heavy (non-hydrogen) atoms. The third kappa shape index (κ3) is 4.77. The van der Waals surface area contributed by atoms with Gasteiger partial charge in [0.15, 0.2) is 17.5 Å². The number of alkyl halides is 8. The molecule has 6 aliphatic rings. The van der Waals surface area contributed by atoms with Crippen LogP contribution in [-0.4, -0.2) is 92.9 Å². The monoisotopic (exact) mass is 748 g/mol. The number of halogens is 10. The second-order valence-electron chi connectivity index (χ2n) is 14.9. The Morgan fingerprint density at radius 3 is 2.46 bits per heavy atom. The SMILES string of the molecule is Cc1nc(N)c(F)c(-c2nc3c4c(nc(OC[C@@]56CCCN5CC5(CC5(F)F)C6)nc4c2F)N2C[C@H]4CC[C@H](N4)[C@H]2[C@H](C(F)(F)F)O3)c1C(F)(F)F. The Kier molecular flexibility index (Phi) is 6.90. The summed E-state index contributed by atoms with van der Waals surface area (Å²) < 4.78 is 161. The van der Waals surface area contributed by atoms with Gasteiger partial charge in [-0.15, -0.1) is 0 Å². The van der Waals surface area contributed by atoms with Gasteiger partial charge in [-0.1, -0.05) is 0 Å². The molecular formula is C32H30F10N8O2. The second kappa shape index (κ2) is 10.6. The van der Waals surface area contributed by atoms with Gasteiger partial charge >= 0.3 is 18.4 Å². The molecule has 3 aromatic heterocycles. The van der Waals surface area contributed by atoms with Gasteiger partial charge in [0.2, 0.25) is 12.0 Å². The van der Waals surface area contributed by atoms with Crippen LogP contribution in [-0.2, 0) is 6.18 Å². The second-order valence-corrected chi connectivity index (χ2v) is 14.9. The first-order valence-corrected chi connectivity index (χ1v) is 16.8. The summed E-state index contributed by atoms with van der Waals surface area (Å²) in [4.78, 5) is 19.0. The third-order valence-electron chi connectivity index (χ3n) is 11.8. The summed E-state index contributed by atoms with van der Waals surface area (Å²) in [6.07, 6.45) is -11.2. The number of ether oxygens (including phenoxy) is 2. The van der Waals surface area contributed by atoms with Gasteiger partial charge in [0.05, 0.1) is 33.8 Å². The van der Waals surface area contributed by atoms with E-state index in [1.165, 1.54) is 4.90 Å². The van der Waals surface area contributed by atoms with E-state index >= 15 is 8.78 Å². The number of hydrogen-bond donors (Lipinski definition) is 2. The summed E-state index contributed by atoms with van der Waals surface area (Å²) in [6, 6.07) is -3.15. The number of anilines is 2. The maximum absolute atomic E-state index is 16.9. The number of nitrogens with one attached hydrogen (secondary N) is 1. The van der Waals surface area contributed by atoms with E-state index < -0.39 is 110 Å². The highest BCUT2D eigenvalue weighted by Crippen LogP contribution is 2.69. The average molecular weight is 749 g/mol. The lowest BCUT2D eigenvalue weighted by Gasteiger charge is -2.43. The number of pyridine rings is 2. The van der Waals surface area contributed by atoms with Crippen LogP contribution < -0.4 is 25.4 Å². The van der Waals surface area contributed by atoms with Crippen LogP contribution in [0.5, 0.6) is 11.9 Å². The summed E-state index contributed by atoms with van der Waals surface area (Å²) in [5.41, 5.74) is -2.79. The fourth-order valence-electron chi connectivity index (χ4n) is 9.44. The average Bonchev–Trinajstić information content (AvgIpc) is 3.36. The van der Waals surface area contributed by atoms with Gasteiger partial charge in [0, 0.05) is 31.6 Å². The van der Waals surface area contributed by atoms with E-state index in [9.17, 15) is 35.1 Å². The third-order valence-corrected chi connectivity index (χ3v) is 11.8. The van der Waals surface area contributed by atoms with E-state index in [0.717, 1.165) is 6.92 Å². The van der Waals surface area contributed by atoms with Crippen molar-refractivity contribution < 1.29 is 53.4 Å². The zero-order valence-corrected chi connectivity index (χ0v) is 27.2. The van der Waals surface area contributed by atoms with Crippen LogP contribution in [0.4, 0.5) is 55.5 Å². The maximum atomic E-state index is 16.9. The molecule has 6 atom stereocenters. The fraction of sp³-hybridized carbons (Fsp3) is 0.625. The largest absolute Gasteiger partial charge is 0.462 e. The van der Waals surface area contributed by atoms with Gasteiger partial charge in [0.1, 0.15) is 29.0 Å². The van der Waals surface area contributed by atoms with E-state index in [0.29, 0.717) is 32.2 Å². The standard InChI is InChI=1S/C32H30F10N8O2/c1-12-17(31(37,38)39)15(18(33)24(43)44-12)20-19(34)21-16-25(50-7-13-3-4-14(45-13)22(50)23(32(40,41)42)52-26(16)46-20)48-27(47-21)51-11-29-5-2-6-49(29)10-28(8-29)9-30(28,35)36/h13-14,22-23,45H,2-11H2,1H3,(H2,43,44)/t13-,14+,22+,23-,28?,29+/m1/s1. The highest BCUT2D eigenvalue weighted by Gasteiger charge is 2.77. The van der Waals surface area contributed by atoms with Crippen LogP contribution in [0, 0.1) is 24.0 Å². The number of aryl methyl sites for hydroxylation is 1. The van der Waals surface area contributed by atoms with Crippen LogP contribution in [0.25, 0.3) is 22.2 Å². The molecule has 1 saturated carbocycles. The first-order valence-electron chi connectivity index (χ1n) is 16.8. The molecule has 3 aromatic rings. The predicted molar refractivity (Wildman–Crippen MR) is 162 cm³/mol. The zero-order valence-electron chi connectivity index (χ0n) is 27.2.